The normalized spacial score (nSPS) is 22.3. The van der Waals surface area contributed by atoms with Crippen molar-refractivity contribution in [1.82, 2.24) is 10.2 Å². The van der Waals surface area contributed by atoms with E-state index in [1.54, 1.807) is 23.1 Å². The molecule has 2 aromatic carbocycles. The number of nitrogens with zero attached hydrogens (tertiary/aromatic N) is 2. The Bertz CT molecular complexity index is 1140. The lowest BCUT2D eigenvalue weighted by atomic mass is 9.71. The van der Waals surface area contributed by atoms with Crippen molar-refractivity contribution >= 4 is 35.2 Å². The molecule has 8 heteroatoms. The molecule has 0 spiro atoms. The summed E-state index contributed by atoms with van der Waals surface area (Å²) in [4.78, 5) is 40.8. The second-order valence-electron chi connectivity index (χ2n) is 11.2. The molecule has 1 saturated carbocycles. The predicted molar refractivity (Wildman–Crippen MR) is 145 cm³/mol. The summed E-state index contributed by atoms with van der Waals surface area (Å²) < 4.78 is 0. The Morgan fingerprint density at radius 2 is 1.73 bits per heavy atom. The molecule has 2 aliphatic rings. The lowest BCUT2D eigenvalue weighted by Gasteiger charge is -2.41. The van der Waals surface area contributed by atoms with E-state index in [4.69, 9.17) is 16.7 Å². The highest BCUT2D eigenvalue weighted by molar-refractivity contribution is 6.30. The smallest absolute Gasteiger partial charge is 0.325 e. The summed E-state index contributed by atoms with van der Waals surface area (Å²) in [6.45, 7) is 7.46. The molecule has 37 heavy (non-hydrogen) atoms. The third-order valence-corrected chi connectivity index (χ3v) is 7.99. The second kappa shape index (κ2) is 11.1. The molecule has 198 valence electrons. The number of benzene rings is 2. The molecule has 1 aliphatic heterocycles. The number of amides is 3. The predicted octanol–water partition coefficient (Wildman–Crippen LogP) is 6.13. The lowest BCUT2D eigenvalue weighted by molar-refractivity contribution is -0.136. The summed E-state index contributed by atoms with van der Waals surface area (Å²) >= 11 is 6.25. The molecule has 1 aliphatic carbocycles. The molecule has 1 saturated heterocycles. The number of hydrogen-bond acceptors (Lipinski definition) is 3. The van der Waals surface area contributed by atoms with Crippen LogP contribution in [0.15, 0.2) is 48.5 Å². The summed E-state index contributed by atoms with van der Waals surface area (Å²) in [5.41, 5.74) is 2.47. The van der Waals surface area contributed by atoms with Crippen molar-refractivity contribution in [2.24, 2.45) is 11.3 Å². The number of halogens is 1. The van der Waals surface area contributed by atoms with Crippen molar-refractivity contribution < 1.29 is 19.5 Å². The zero-order chi connectivity index (χ0) is 26.7. The van der Waals surface area contributed by atoms with Gasteiger partial charge in [0.15, 0.2) is 0 Å². The van der Waals surface area contributed by atoms with E-state index in [0.29, 0.717) is 23.0 Å². The fourth-order valence-corrected chi connectivity index (χ4v) is 5.79. The van der Waals surface area contributed by atoms with Crippen molar-refractivity contribution in [3.05, 3.63) is 64.7 Å². The van der Waals surface area contributed by atoms with Gasteiger partial charge >= 0.3 is 12.0 Å². The van der Waals surface area contributed by atoms with Crippen LogP contribution in [0.3, 0.4) is 0 Å². The van der Waals surface area contributed by atoms with Gasteiger partial charge in [-0.1, -0.05) is 50.6 Å². The Hall–Kier alpha value is -3.06. The Kier molecular flexibility index (Phi) is 8.12. The minimum Gasteiger partial charge on any atom is -0.481 e. The van der Waals surface area contributed by atoms with Crippen molar-refractivity contribution in [2.45, 2.75) is 65.0 Å². The first kappa shape index (κ1) is 27.0. The van der Waals surface area contributed by atoms with Crippen LogP contribution in [-0.2, 0) is 4.79 Å². The molecule has 7 nitrogen and oxygen atoms in total. The van der Waals surface area contributed by atoms with Gasteiger partial charge in [0.1, 0.15) is 0 Å². The molecule has 2 N–H and O–H groups in total. The third kappa shape index (κ3) is 6.27. The van der Waals surface area contributed by atoms with Gasteiger partial charge in [-0.05, 0) is 72.9 Å². The standard InChI is InChI=1S/C29H36ClN3O4/c1-29(2,3)21-11-13-23(14-12-21)33-25(18-32(28(33)37)24-6-4-5-22(30)17-24)19-7-9-20(10-8-19)27(36)31-16-15-26(34)35/h4-10,17,21,23,25H,11-16,18H2,1-3H3,(H,31,36)(H,34,35). The topological polar surface area (TPSA) is 90.0 Å². The van der Waals surface area contributed by atoms with Gasteiger partial charge in [0.05, 0.1) is 19.0 Å². The minimum atomic E-state index is -0.956. The summed E-state index contributed by atoms with van der Waals surface area (Å²) in [6, 6.07) is 14.7. The highest BCUT2D eigenvalue weighted by Gasteiger charge is 2.44. The van der Waals surface area contributed by atoms with E-state index in [2.05, 4.69) is 26.1 Å². The lowest BCUT2D eigenvalue weighted by Crippen LogP contribution is -2.43. The molecule has 2 aromatic rings. The van der Waals surface area contributed by atoms with E-state index < -0.39 is 5.97 Å². The number of nitrogens with one attached hydrogen (secondary N) is 1. The molecule has 1 atom stereocenters. The average Bonchev–Trinajstić information content (AvgIpc) is 3.20. The Morgan fingerprint density at radius 1 is 1.05 bits per heavy atom. The van der Waals surface area contributed by atoms with Gasteiger partial charge in [0.2, 0.25) is 0 Å². The van der Waals surface area contributed by atoms with Gasteiger partial charge in [-0.3, -0.25) is 14.5 Å². The van der Waals surface area contributed by atoms with Crippen LogP contribution in [0.1, 0.15) is 74.8 Å². The number of carbonyl (C=O) groups excluding carboxylic acids is 2. The fraction of sp³-hybridized carbons (Fsp3) is 0.483. The number of hydrogen-bond donors (Lipinski definition) is 2. The number of carboxylic acid groups (broad SMARTS) is 1. The maximum absolute atomic E-state index is 13.8. The maximum Gasteiger partial charge on any atom is 0.325 e. The maximum atomic E-state index is 13.8. The van der Waals surface area contributed by atoms with Gasteiger partial charge in [-0.15, -0.1) is 0 Å². The number of carbonyl (C=O) groups is 3. The monoisotopic (exact) mass is 525 g/mol. The average molecular weight is 526 g/mol. The van der Waals surface area contributed by atoms with E-state index in [0.717, 1.165) is 36.9 Å². The van der Waals surface area contributed by atoms with E-state index in [1.165, 1.54) is 0 Å². The first-order valence-corrected chi connectivity index (χ1v) is 13.4. The molecule has 0 radical (unpaired) electrons. The zero-order valence-corrected chi connectivity index (χ0v) is 22.5. The van der Waals surface area contributed by atoms with Crippen molar-refractivity contribution in [2.75, 3.05) is 18.0 Å². The quantitative estimate of drug-likeness (QED) is 0.455. The Labute approximate surface area is 223 Å². The molecule has 0 bridgehead atoms. The highest BCUT2D eigenvalue weighted by Crippen LogP contribution is 2.43. The van der Waals surface area contributed by atoms with Gasteiger partial charge in [0.25, 0.3) is 5.91 Å². The minimum absolute atomic E-state index is 0.0121. The molecule has 4 rings (SSSR count). The number of aliphatic carboxylic acids is 1. The van der Waals surface area contributed by atoms with Crippen LogP contribution in [0.25, 0.3) is 0 Å². The Balaban J connectivity index is 1.56. The van der Waals surface area contributed by atoms with Crippen LogP contribution in [0, 0.1) is 11.3 Å². The summed E-state index contributed by atoms with van der Waals surface area (Å²) in [7, 11) is 0. The number of urea groups is 1. The van der Waals surface area contributed by atoms with E-state index in [9.17, 15) is 14.4 Å². The van der Waals surface area contributed by atoms with Gasteiger partial charge < -0.3 is 15.3 Å². The molecule has 1 heterocycles. The SMILES string of the molecule is CC(C)(C)C1CCC(N2C(=O)N(c3cccc(Cl)c3)CC2c2ccc(C(=O)NCCC(=O)O)cc2)CC1. The first-order valence-electron chi connectivity index (χ1n) is 13.0. The summed E-state index contributed by atoms with van der Waals surface area (Å²) in [6.07, 6.45) is 4.00. The molecule has 1 unspecified atom stereocenters. The van der Waals surface area contributed by atoms with Crippen LogP contribution in [0.4, 0.5) is 10.5 Å². The molecule has 3 amide bonds. The highest BCUT2D eigenvalue weighted by atomic mass is 35.5. The van der Waals surface area contributed by atoms with Crippen molar-refractivity contribution in [3.63, 3.8) is 0 Å². The van der Waals surface area contributed by atoms with Crippen molar-refractivity contribution in [3.8, 4) is 0 Å². The summed E-state index contributed by atoms with van der Waals surface area (Å²) in [5.74, 6) is -0.626. The molecular weight excluding hydrogens is 490 g/mol. The molecular formula is C29H36ClN3O4. The largest absolute Gasteiger partial charge is 0.481 e. The number of carboxylic acids is 1. The van der Waals surface area contributed by atoms with E-state index >= 15 is 0 Å². The van der Waals surface area contributed by atoms with Crippen LogP contribution in [-0.4, -0.2) is 47.0 Å². The number of rotatable bonds is 7. The van der Waals surface area contributed by atoms with Crippen molar-refractivity contribution in [1.29, 1.82) is 0 Å². The van der Waals surface area contributed by atoms with E-state index in [-0.39, 0.29) is 42.4 Å². The van der Waals surface area contributed by atoms with Crippen LogP contribution in [0.5, 0.6) is 0 Å². The van der Waals surface area contributed by atoms with Crippen LogP contribution < -0.4 is 10.2 Å². The van der Waals surface area contributed by atoms with Gasteiger partial charge in [0, 0.05) is 28.9 Å². The number of anilines is 1. The van der Waals surface area contributed by atoms with Crippen LogP contribution >= 0.6 is 11.6 Å². The molecule has 2 fully saturated rings. The van der Waals surface area contributed by atoms with Gasteiger partial charge in [-0.25, -0.2) is 4.79 Å². The first-order chi connectivity index (χ1) is 17.5. The van der Waals surface area contributed by atoms with Crippen LogP contribution in [0.2, 0.25) is 5.02 Å². The zero-order valence-electron chi connectivity index (χ0n) is 21.7. The fourth-order valence-electron chi connectivity index (χ4n) is 5.61. The third-order valence-electron chi connectivity index (χ3n) is 7.76. The molecule has 0 aromatic heterocycles. The Morgan fingerprint density at radius 3 is 2.32 bits per heavy atom. The van der Waals surface area contributed by atoms with Gasteiger partial charge in [-0.2, -0.15) is 0 Å². The van der Waals surface area contributed by atoms with E-state index in [1.807, 2.05) is 35.2 Å². The summed E-state index contributed by atoms with van der Waals surface area (Å²) in [5, 5.41) is 12.0. The second-order valence-corrected chi connectivity index (χ2v) is 11.6.